The number of hydrogen-bond acceptors (Lipinski definition) is 6. The average Bonchev–Trinajstić information content (AvgIpc) is 3.17. The molecule has 3 N–H and O–H groups in total. The van der Waals surface area contributed by atoms with E-state index in [1.165, 1.54) is 24.8 Å². The van der Waals surface area contributed by atoms with Gasteiger partial charge >= 0.3 is 6.16 Å². The topological polar surface area (TPSA) is 96.2 Å². The van der Waals surface area contributed by atoms with Crippen LogP contribution in [0.1, 0.15) is 98.8 Å². The van der Waals surface area contributed by atoms with Gasteiger partial charge in [-0.25, -0.2) is 4.79 Å². The fourth-order valence-corrected chi connectivity index (χ4v) is 6.92. The first-order valence-electron chi connectivity index (χ1n) is 14.4. The van der Waals surface area contributed by atoms with Gasteiger partial charge in [0.05, 0.1) is 18.8 Å². The average molecular weight is 519 g/mol. The highest BCUT2D eigenvalue weighted by atomic mass is 16.7. The van der Waals surface area contributed by atoms with Crippen LogP contribution in [0.4, 0.5) is 4.79 Å². The van der Waals surface area contributed by atoms with E-state index in [1.807, 2.05) is 6.92 Å². The first-order chi connectivity index (χ1) is 17.5. The number of aliphatic hydroxyl groups excluding tert-OH is 3. The maximum Gasteiger partial charge on any atom is 0.508 e. The van der Waals surface area contributed by atoms with Gasteiger partial charge in [0, 0.05) is 0 Å². The molecule has 210 valence electrons. The van der Waals surface area contributed by atoms with Crippen molar-refractivity contribution >= 4 is 6.16 Å². The number of carbonyl (C=O) groups excluding carboxylic acids is 1. The summed E-state index contributed by atoms with van der Waals surface area (Å²) in [5.41, 5.74) is 1.78. The predicted molar refractivity (Wildman–Crippen MR) is 146 cm³/mol. The minimum atomic E-state index is -1.07. The summed E-state index contributed by atoms with van der Waals surface area (Å²) in [7, 11) is 0. The van der Waals surface area contributed by atoms with Crippen LogP contribution in [0.3, 0.4) is 0 Å². The van der Waals surface area contributed by atoms with E-state index < -0.39 is 30.1 Å². The van der Waals surface area contributed by atoms with Crippen molar-refractivity contribution in [2.24, 2.45) is 23.2 Å². The minimum absolute atomic E-state index is 0.206. The zero-order valence-electron chi connectivity index (χ0n) is 23.6. The van der Waals surface area contributed by atoms with E-state index in [-0.39, 0.29) is 5.41 Å². The third-order valence-corrected chi connectivity index (χ3v) is 9.12. The molecule has 0 aliphatic heterocycles. The van der Waals surface area contributed by atoms with E-state index in [0.29, 0.717) is 43.6 Å². The van der Waals surface area contributed by atoms with Gasteiger partial charge in [-0.3, -0.25) is 0 Å². The highest BCUT2D eigenvalue weighted by Crippen LogP contribution is 2.59. The fourth-order valence-electron chi connectivity index (χ4n) is 6.92. The first kappa shape index (κ1) is 29.9. The van der Waals surface area contributed by atoms with Crippen LogP contribution < -0.4 is 0 Å². The number of carbonyl (C=O) groups is 1. The summed E-state index contributed by atoms with van der Waals surface area (Å²) in [6.45, 7) is 10.4. The maximum absolute atomic E-state index is 12.0. The van der Waals surface area contributed by atoms with Gasteiger partial charge in [-0.05, 0) is 94.8 Å². The lowest BCUT2D eigenvalue weighted by Crippen LogP contribution is -2.40. The Kier molecular flexibility index (Phi) is 10.5. The highest BCUT2D eigenvalue weighted by Gasteiger charge is 2.50. The van der Waals surface area contributed by atoms with Gasteiger partial charge in [0.1, 0.15) is 11.7 Å². The molecular formula is C31H50O6. The summed E-state index contributed by atoms with van der Waals surface area (Å²) >= 11 is 0. The van der Waals surface area contributed by atoms with Crippen molar-refractivity contribution in [3.05, 3.63) is 35.5 Å². The van der Waals surface area contributed by atoms with Crippen LogP contribution in [-0.4, -0.2) is 52.0 Å². The smallest absolute Gasteiger partial charge is 0.434 e. The second-order valence-electron chi connectivity index (χ2n) is 12.5. The predicted octanol–water partition coefficient (Wildman–Crippen LogP) is 6.25. The van der Waals surface area contributed by atoms with E-state index in [2.05, 4.69) is 32.1 Å². The van der Waals surface area contributed by atoms with Gasteiger partial charge in [0.2, 0.25) is 0 Å². The third kappa shape index (κ3) is 7.70. The van der Waals surface area contributed by atoms with Gasteiger partial charge in [0.15, 0.2) is 0 Å². The Morgan fingerprint density at radius 3 is 2.54 bits per heavy atom. The van der Waals surface area contributed by atoms with Gasteiger partial charge in [0.25, 0.3) is 0 Å². The van der Waals surface area contributed by atoms with Crippen LogP contribution in [0.2, 0.25) is 0 Å². The van der Waals surface area contributed by atoms with Crippen LogP contribution in [0.25, 0.3) is 0 Å². The largest absolute Gasteiger partial charge is 0.508 e. The summed E-state index contributed by atoms with van der Waals surface area (Å²) < 4.78 is 10.5. The van der Waals surface area contributed by atoms with Gasteiger partial charge in [-0.15, -0.1) is 0 Å². The van der Waals surface area contributed by atoms with Gasteiger partial charge in [-0.2, -0.15) is 0 Å². The van der Waals surface area contributed by atoms with Crippen molar-refractivity contribution in [1.29, 1.82) is 0 Å². The van der Waals surface area contributed by atoms with Crippen LogP contribution in [0.15, 0.2) is 35.5 Å². The number of unbranched alkanes of at least 4 members (excludes halogenated alkanes) is 1. The molecule has 0 aromatic heterocycles. The quantitative estimate of drug-likeness (QED) is 0.190. The molecule has 6 nitrogen and oxygen atoms in total. The summed E-state index contributed by atoms with van der Waals surface area (Å²) in [5, 5.41) is 30.8. The normalized spacial score (nSPS) is 33.3. The Morgan fingerprint density at radius 1 is 1.16 bits per heavy atom. The van der Waals surface area contributed by atoms with Crippen molar-refractivity contribution < 1.29 is 29.6 Å². The standard InChI is InChI=1S/C31H50O6/c1-6-7-17-36-29(35)37-30(3,4)28(34)15-10-21(2)26-13-14-27-23(9-8-16-31(26,27)5)12-11-22-18-24(32)20-25(33)19-22/h10-12,15,21,24-28,32-34H,6-9,13-14,16-20H2,1-5H3/b15-10+,23-12+/t21-,24-,25-,26-,27+,28+,31-/m1/s1. The molecule has 0 amide bonds. The monoisotopic (exact) mass is 518 g/mol. The molecule has 3 saturated carbocycles. The van der Waals surface area contributed by atoms with Crippen molar-refractivity contribution in [2.45, 2.75) is 123 Å². The summed E-state index contributed by atoms with van der Waals surface area (Å²) in [4.78, 5) is 12.0. The molecule has 3 aliphatic rings. The van der Waals surface area contributed by atoms with E-state index >= 15 is 0 Å². The summed E-state index contributed by atoms with van der Waals surface area (Å²) in [6.07, 6.45) is 15.1. The van der Waals surface area contributed by atoms with Crippen LogP contribution in [0, 0.1) is 23.2 Å². The molecule has 6 heteroatoms. The SMILES string of the molecule is CCCCOC(=O)OC(C)(C)[C@@H](O)/C=C/[C@@H](C)[C@H]1CC[C@H]2/C(=C/C=C3C[C@@H](O)C[C@H](O)C3)CCC[C@]12C. The lowest BCUT2D eigenvalue weighted by atomic mass is 9.61. The zero-order chi connectivity index (χ0) is 27.2. The number of fused-ring (bicyclic) bond motifs is 1. The molecule has 7 atom stereocenters. The van der Waals surface area contributed by atoms with E-state index in [1.54, 1.807) is 19.9 Å². The molecule has 0 unspecified atom stereocenters. The number of ether oxygens (including phenoxy) is 2. The number of allylic oxidation sites excluding steroid dienone is 4. The van der Waals surface area contributed by atoms with E-state index in [0.717, 1.165) is 31.3 Å². The van der Waals surface area contributed by atoms with Crippen molar-refractivity contribution in [3.63, 3.8) is 0 Å². The Hall–Kier alpha value is -1.63. The summed E-state index contributed by atoms with van der Waals surface area (Å²) in [6, 6.07) is 0. The minimum Gasteiger partial charge on any atom is -0.434 e. The lowest BCUT2D eigenvalue weighted by molar-refractivity contribution is -0.0670. The zero-order valence-corrected chi connectivity index (χ0v) is 23.6. The molecular weight excluding hydrogens is 468 g/mol. The molecule has 0 spiro atoms. The molecule has 0 heterocycles. The Balaban J connectivity index is 1.63. The van der Waals surface area contributed by atoms with Gasteiger partial charge < -0.3 is 24.8 Å². The molecule has 37 heavy (non-hydrogen) atoms. The van der Waals surface area contributed by atoms with E-state index in [4.69, 9.17) is 9.47 Å². The van der Waals surface area contributed by atoms with E-state index in [9.17, 15) is 20.1 Å². The Bertz CT molecular complexity index is 846. The van der Waals surface area contributed by atoms with Crippen LogP contribution >= 0.6 is 0 Å². The third-order valence-electron chi connectivity index (χ3n) is 9.12. The van der Waals surface area contributed by atoms with Crippen molar-refractivity contribution in [2.75, 3.05) is 6.61 Å². The second kappa shape index (κ2) is 12.9. The van der Waals surface area contributed by atoms with Crippen LogP contribution in [-0.2, 0) is 9.47 Å². The summed E-state index contributed by atoms with van der Waals surface area (Å²) in [5.74, 6) is 1.34. The Labute approximate surface area is 223 Å². The molecule has 3 aliphatic carbocycles. The molecule has 0 bridgehead atoms. The number of hydrogen-bond donors (Lipinski definition) is 3. The second-order valence-corrected chi connectivity index (χ2v) is 12.5. The molecule has 3 fully saturated rings. The van der Waals surface area contributed by atoms with Crippen molar-refractivity contribution in [3.8, 4) is 0 Å². The van der Waals surface area contributed by atoms with Crippen LogP contribution in [0.5, 0.6) is 0 Å². The van der Waals surface area contributed by atoms with Crippen molar-refractivity contribution in [1.82, 2.24) is 0 Å². The molecule has 0 saturated heterocycles. The lowest BCUT2D eigenvalue weighted by Gasteiger charge is -2.44. The molecule has 0 aromatic carbocycles. The molecule has 0 radical (unpaired) electrons. The Morgan fingerprint density at radius 2 is 1.86 bits per heavy atom. The molecule has 3 rings (SSSR count). The fraction of sp³-hybridized carbons (Fsp3) is 0.774. The molecule has 0 aromatic rings. The first-order valence-corrected chi connectivity index (χ1v) is 14.4. The number of rotatable bonds is 9. The van der Waals surface area contributed by atoms with Gasteiger partial charge in [-0.1, -0.05) is 62.6 Å². The number of aliphatic hydroxyl groups is 3. The highest BCUT2D eigenvalue weighted by molar-refractivity contribution is 5.60. The maximum atomic E-state index is 12.0.